The van der Waals surface area contributed by atoms with Gasteiger partial charge in [-0.3, -0.25) is 9.03 Å². The summed E-state index contributed by atoms with van der Waals surface area (Å²) in [5.74, 6) is 0.253. The van der Waals surface area contributed by atoms with E-state index >= 15 is 0 Å². The van der Waals surface area contributed by atoms with Gasteiger partial charge in [0.25, 0.3) is 10.0 Å². The average molecular weight is 399 g/mol. The van der Waals surface area contributed by atoms with Crippen molar-refractivity contribution in [2.24, 2.45) is 0 Å². The second-order valence-corrected chi connectivity index (χ2v) is 9.68. The fraction of sp³-hybridized carbons (Fsp3) is 0.294. The van der Waals surface area contributed by atoms with E-state index in [0.29, 0.717) is 5.69 Å². The van der Waals surface area contributed by atoms with Crippen LogP contribution in [0.5, 0.6) is 5.75 Å². The van der Waals surface area contributed by atoms with Crippen molar-refractivity contribution in [1.29, 1.82) is 0 Å². The SMILES string of the molecule is COc1ccc(S(=O)(=O)Nc2ccc(C)cc2C)cc1N(C)S(C)(=O)=O. The quantitative estimate of drug-likeness (QED) is 0.807. The number of hydrogen-bond donors (Lipinski definition) is 1. The second kappa shape index (κ2) is 7.16. The molecule has 2 aromatic rings. The molecule has 2 aromatic carbocycles. The molecule has 0 heterocycles. The molecule has 0 bridgehead atoms. The van der Waals surface area contributed by atoms with Gasteiger partial charge in [0.1, 0.15) is 5.75 Å². The number of sulfonamides is 2. The molecule has 0 aliphatic heterocycles. The Hall–Kier alpha value is -2.26. The van der Waals surface area contributed by atoms with E-state index in [4.69, 9.17) is 4.74 Å². The van der Waals surface area contributed by atoms with Crippen molar-refractivity contribution in [2.75, 3.05) is 29.4 Å². The van der Waals surface area contributed by atoms with Crippen LogP contribution in [0, 0.1) is 13.8 Å². The number of rotatable bonds is 6. The summed E-state index contributed by atoms with van der Waals surface area (Å²) in [4.78, 5) is -0.0659. The maximum atomic E-state index is 12.7. The van der Waals surface area contributed by atoms with Crippen molar-refractivity contribution in [2.45, 2.75) is 18.7 Å². The Morgan fingerprint density at radius 2 is 1.65 bits per heavy atom. The topological polar surface area (TPSA) is 92.8 Å². The van der Waals surface area contributed by atoms with E-state index in [9.17, 15) is 16.8 Å². The highest BCUT2D eigenvalue weighted by Gasteiger charge is 2.22. The molecule has 0 saturated carbocycles. The molecule has 0 aliphatic carbocycles. The zero-order chi connectivity index (χ0) is 19.7. The molecule has 0 aliphatic rings. The maximum absolute atomic E-state index is 12.7. The summed E-state index contributed by atoms with van der Waals surface area (Å²) in [5.41, 5.74) is 2.41. The summed E-state index contributed by atoms with van der Waals surface area (Å²) in [7, 11) is -4.76. The van der Waals surface area contributed by atoms with Gasteiger partial charge in [-0.1, -0.05) is 17.7 Å². The number of ether oxygens (including phenoxy) is 1. The summed E-state index contributed by atoms with van der Waals surface area (Å²) in [6.07, 6.45) is 1.03. The van der Waals surface area contributed by atoms with Crippen molar-refractivity contribution in [1.82, 2.24) is 0 Å². The predicted octanol–water partition coefficient (Wildman–Crippen LogP) is 2.51. The zero-order valence-electron chi connectivity index (χ0n) is 15.3. The van der Waals surface area contributed by atoms with Crippen LogP contribution in [0.15, 0.2) is 41.3 Å². The number of aryl methyl sites for hydroxylation is 2. The van der Waals surface area contributed by atoms with E-state index in [0.717, 1.165) is 21.7 Å². The van der Waals surface area contributed by atoms with E-state index in [1.54, 1.807) is 6.07 Å². The third kappa shape index (κ3) is 4.28. The van der Waals surface area contributed by atoms with Gasteiger partial charge in [-0.25, -0.2) is 16.8 Å². The Kier molecular flexibility index (Phi) is 5.52. The van der Waals surface area contributed by atoms with Gasteiger partial charge in [0.2, 0.25) is 10.0 Å². The van der Waals surface area contributed by atoms with Crippen LogP contribution >= 0.6 is 0 Å². The van der Waals surface area contributed by atoms with Gasteiger partial charge in [-0.15, -0.1) is 0 Å². The van der Waals surface area contributed by atoms with Crippen LogP contribution in [0.1, 0.15) is 11.1 Å². The molecule has 9 heteroatoms. The van der Waals surface area contributed by atoms with Crippen LogP contribution in [0.4, 0.5) is 11.4 Å². The van der Waals surface area contributed by atoms with Crippen LogP contribution in [0.2, 0.25) is 0 Å². The van der Waals surface area contributed by atoms with Crippen molar-refractivity contribution in [3.63, 3.8) is 0 Å². The van der Waals surface area contributed by atoms with E-state index in [2.05, 4.69) is 4.72 Å². The van der Waals surface area contributed by atoms with Crippen LogP contribution in [0.25, 0.3) is 0 Å². The highest BCUT2D eigenvalue weighted by Crippen LogP contribution is 2.32. The molecule has 26 heavy (non-hydrogen) atoms. The smallest absolute Gasteiger partial charge is 0.261 e. The summed E-state index contributed by atoms with van der Waals surface area (Å²) >= 11 is 0. The van der Waals surface area contributed by atoms with Gasteiger partial charge in [-0.05, 0) is 43.7 Å². The van der Waals surface area contributed by atoms with Gasteiger partial charge >= 0.3 is 0 Å². The number of nitrogens with one attached hydrogen (secondary N) is 1. The van der Waals surface area contributed by atoms with E-state index in [1.807, 2.05) is 26.0 Å². The summed E-state index contributed by atoms with van der Waals surface area (Å²) < 4.78 is 57.8. The number of nitrogens with zero attached hydrogens (tertiary/aromatic N) is 1. The Bertz CT molecular complexity index is 1030. The lowest BCUT2D eigenvalue weighted by Gasteiger charge is -2.20. The fourth-order valence-corrected chi connectivity index (χ4v) is 4.04. The molecule has 0 atom stereocenters. The number of benzene rings is 2. The first-order valence-corrected chi connectivity index (χ1v) is 11.0. The normalized spacial score (nSPS) is 11.9. The lowest BCUT2D eigenvalue weighted by molar-refractivity contribution is 0.415. The molecule has 7 nitrogen and oxygen atoms in total. The Morgan fingerprint density at radius 3 is 2.19 bits per heavy atom. The van der Waals surface area contributed by atoms with Gasteiger partial charge in [0.15, 0.2) is 0 Å². The van der Waals surface area contributed by atoms with Gasteiger partial charge in [0.05, 0.1) is 29.6 Å². The molecule has 0 aromatic heterocycles. The van der Waals surface area contributed by atoms with Crippen molar-refractivity contribution in [3.05, 3.63) is 47.5 Å². The lowest BCUT2D eigenvalue weighted by atomic mass is 10.1. The molecule has 0 saturated heterocycles. The zero-order valence-corrected chi connectivity index (χ0v) is 16.9. The number of hydrogen-bond acceptors (Lipinski definition) is 5. The first-order valence-electron chi connectivity index (χ1n) is 7.67. The minimum Gasteiger partial charge on any atom is -0.495 e. The van der Waals surface area contributed by atoms with E-state index < -0.39 is 20.0 Å². The van der Waals surface area contributed by atoms with E-state index in [1.165, 1.54) is 32.4 Å². The van der Waals surface area contributed by atoms with Gasteiger partial charge < -0.3 is 4.74 Å². The lowest BCUT2D eigenvalue weighted by Crippen LogP contribution is -2.25. The summed E-state index contributed by atoms with van der Waals surface area (Å²) in [6, 6.07) is 9.43. The van der Waals surface area contributed by atoms with E-state index in [-0.39, 0.29) is 16.3 Å². The monoisotopic (exact) mass is 398 g/mol. The van der Waals surface area contributed by atoms with Crippen LogP contribution in [-0.2, 0) is 20.0 Å². The minimum absolute atomic E-state index is 0.0659. The molecule has 0 spiro atoms. The fourth-order valence-electron chi connectivity index (χ4n) is 2.39. The minimum atomic E-state index is -3.90. The van der Waals surface area contributed by atoms with Crippen molar-refractivity contribution < 1.29 is 21.6 Å². The molecule has 1 N–H and O–H groups in total. The highest BCUT2D eigenvalue weighted by atomic mass is 32.2. The third-order valence-corrected chi connectivity index (χ3v) is 6.48. The molecule has 0 unspecified atom stereocenters. The first kappa shape index (κ1) is 20.1. The highest BCUT2D eigenvalue weighted by molar-refractivity contribution is 7.93. The van der Waals surface area contributed by atoms with Gasteiger partial charge in [-0.2, -0.15) is 0 Å². The Labute approximate surface area is 154 Å². The first-order chi connectivity index (χ1) is 12.0. The summed E-state index contributed by atoms with van der Waals surface area (Å²) in [6.45, 7) is 3.73. The third-order valence-electron chi connectivity index (χ3n) is 3.92. The van der Waals surface area contributed by atoms with Crippen molar-refractivity contribution in [3.8, 4) is 5.75 Å². The molecule has 2 rings (SSSR count). The molecule has 142 valence electrons. The maximum Gasteiger partial charge on any atom is 0.261 e. The average Bonchev–Trinajstić information content (AvgIpc) is 2.55. The van der Waals surface area contributed by atoms with Crippen LogP contribution in [-0.4, -0.2) is 37.2 Å². The largest absolute Gasteiger partial charge is 0.495 e. The second-order valence-electron chi connectivity index (χ2n) is 5.99. The molecule has 0 fully saturated rings. The molecule has 0 amide bonds. The van der Waals surface area contributed by atoms with Crippen molar-refractivity contribution >= 4 is 31.4 Å². The Morgan fingerprint density at radius 1 is 1.00 bits per heavy atom. The summed E-state index contributed by atoms with van der Waals surface area (Å²) in [5, 5.41) is 0. The van der Waals surface area contributed by atoms with Gasteiger partial charge in [0, 0.05) is 7.05 Å². The van der Waals surface area contributed by atoms with Crippen LogP contribution in [0.3, 0.4) is 0 Å². The Balaban J connectivity index is 2.50. The molecule has 0 radical (unpaired) electrons. The predicted molar refractivity (Wildman–Crippen MR) is 103 cm³/mol. The molecular weight excluding hydrogens is 376 g/mol. The standard InChI is InChI=1S/C17H22N2O5S2/c1-12-6-8-15(13(2)10-12)18-26(22,23)14-7-9-17(24-4)16(11-14)19(3)25(5,20)21/h6-11,18H,1-5H3. The molecular formula is C17H22N2O5S2. The number of methoxy groups -OCH3 is 1. The van der Waals surface area contributed by atoms with Crippen LogP contribution < -0.4 is 13.8 Å². The number of anilines is 2.